The fraction of sp³-hybridized carbons (Fsp3) is 0.182. The molecule has 0 unspecified atom stereocenters. The minimum atomic E-state index is -4.01. The summed E-state index contributed by atoms with van der Waals surface area (Å²) in [5.74, 6) is -1.39. The molecule has 0 aliphatic carbocycles. The van der Waals surface area contributed by atoms with Crippen molar-refractivity contribution in [1.29, 1.82) is 0 Å². The molecule has 7 nitrogen and oxygen atoms in total. The van der Waals surface area contributed by atoms with E-state index in [4.69, 9.17) is 9.47 Å². The smallest absolute Gasteiger partial charge is 0.349 e. The number of carbonyl (C=O) groups is 2. The van der Waals surface area contributed by atoms with E-state index in [1.54, 1.807) is 62.4 Å². The zero-order valence-electron chi connectivity index (χ0n) is 17.0. The Balaban J connectivity index is 2.23. The first kappa shape index (κ1) is 22.5. The molecule has 1 heterocycles. The van der Waals surface area contributed by atoms with Gasteiger partial charge < -0.3 is 9.47 Å². The van der Waals surface area contributed by atoms with E-state index >= 15 is 0 Å². The molecule has 31 heavy (non-hydrogen) atoms. The van der Waals surface area contributed by atoms with Gasteiger partial charge >= 0.3 is 11.9 Å². The van der Waals surface area contributed by atoms with Crippen molar-refractivity contribution in [2.24, 2.45) is 0 Å². The fourth-order valence-electron chi connectivity index (χ4n) is 2.90. The SMILES string of the molecule is CCOC(=O)c1sc(NS(=O)(=O)c2ccccc2)c(C(=O)OCC)c1-c1ccccc1. The summed E-state index contributed by atoms with van der Waals surface area (Å²) < 4.78 is 38.6. The molecule has 0 bridgehead atoms. The van der Waals surface area contributed by atoms with Crippen LogP contribution in [0.2, 0.25) is 0 Å². The van der Waals surface area contributed by atoms with Crippen molar-refractivity contribution in [2.45, 2.75) is 18.7 Å². The van der Waals surface area contributed by atoms with Crippen molar-refractivity contribution in [2.75, 3.05) is 17.9 Å². The second-order valence-corrected chi connectivity index (χ2v) is 8.94. The molecule has 1 N–H and O–H groups in total. The molecule has 0 saturated carbocycles. The van der Waals surface area contributed by atoms with Gasteiger partial charge in [0.05, 0.1) is 18.1 Å². The summed E-state index contributed by atoms with van der Waals surface area (Å²) in [4.78, 5) is 25.7. The Morgan fingerprint density at radius 2 is 1.42 bits per heavy atom. The quantitative estimate of drug-likeness (QED) is 0.496. The normalized spacial score (nSPS) is 11.0. The summed E-state index contributed by atoms with van der Waals surface area (Å²) in [5, 5.41) is -0.00999. The highest BCUT2D eigenvalue weighted by Crippen LogP contribution is 2.42. The van der Waals surface area contributed by atoms with Crippen LogP contribution in [0.4, 0.5) is 5.00 Å². The summed E-state index contributed by atoms with van der Waals surface area (Å²) in [5.41, 5.74) is 0.809. The molecule has 0 fully saturated rings. The molecule has 0 spiro atoms. The number of hydrogen-bond donors (Lipinski definition) is 1. The first-order valence-electron chi connectivity index (χ1n) is 9.53. The van der Waals surface area contributed by atoms with Gasteiger partial charge in [-0.05, 0) is 31.5 Å². The lowest BCUT2D eigenvalue weighted by Crippen LogP contribution is -2.15. The van der Waals surface area contributed by atoms with Crippen molar-refractivity contribution in [3.8, 4) is 11.1 Å². The highest BCUT2D eigenvalue weighted by molar-refractivity contribution is 7.93. The van der Waals surface area contributed by atoms with Gasteiger partial charge in [-0.25, -0.2) is 18.0 Å². The number of benzene rings is 2. The van der Waals surface area contributed by atoms with Gasteiger partial charge in [0.1, 0.15) is 15.4 Å². The van der Waals surface area contributed by atoms with Gasteiger partial charge in [-0.3, -0.25) is 4.72 Å². The predicted octanol–water partition coefficient (Wildman–Crippen LogP) is 4.57. The molecule has 9 heteroatoms. The monoisotopic (exact) mass is 459 g/mol. The van der Waals surface area contributed by atoms with E-state index < -0.39 is 22.0 Å². The maximum Gasteiger partial charge on any atom is 0.349 e. The predicted molar refractivity (Wildman–Crippen MR) is 119 cm³/mol. The van der Waals surface area contributed by atoms with E-state index in [0.717, 1.165) is 11.3 Å². The van der Waals surface area contributed by atoms with E-state index in [1.807, 2.05) is 0 Å². The summed E-state index contributed by atoms with van der Waals surface area (Å²) >= 11 is 0.839. The highest BCUT2D eigenvalue weighted by atomic mass is 32.2. The molecule has 0 radical (unpaired) electrons. The molecule has 2 aromatic carbocycles. The summed E-state index contributed by atoms with van der Waals surface area (Å²) in [6.45, 7) is 3.53. The Kier molecular flexibility index (Phi) is 7.09. The molecular formula is C22H21NO6S2. The van der Waals surface area contributed by atoms with Gasteiger partial charge in [0, 0.05) is 5.56 Å². The lowest BCUT2D eigenvalue weighted by Gasteiger charge is -2.10. The minimum Gasteiger partial charge on any atom is -0.462 e. The first-order chi connectivity index (χ1) is 14.9. The summed E-state index contributed by atoms with van der Waals surface area (Å²) in [6.07, 6.45) is 0. The van der Waals surface area contributed by atoms with Crippen LogP contribution >= 0.6 is 11.3 Å². The van der Waals surface area contributed by atoms with Crippen LogP contribution in [0.3, 0.4) is 0 Å². The van der Waals surface area contributed by atoms with Crippen molar-refractivity contribution in [1.82, 2.24) is 0 Å². The molecular weight excluding hydrogens is 438 g/mol. The Morgan fingerprint density at radius 3 is 2.00 bits per heavy atom. The second-order valence-electron chi connectivity index (χ2n) is 6.24. The van der Waals surface area contributed by atoms with Crippen LogP contribution < -0.4 is 4.72 Å². The maximum atomic E-state index is 12.9. The van der Waals surface area contributed by atoms with Crippen LogP contribution in [-0.4, -0.2) is 33.6 Å². The highest BCUT2D eigenvalue weighted by Gasteiger charge is 2.31. The van der Waals surface area contributed by atoms with E-state index in [1.165, 1.54) is 12.1 Å². The van der Waals surface area contributed by atoms with Crippen LogP contribution in [0, 0.1) is 0 Å². The number of hydrogen-bond acceptors (Lipinski definition) is 7. The molecule has 3 rings (SSSR count). The maximum absolute atomic E-state index is 12.9. The number of rotatable bonds is 8. The van der Waals surface area contributed by atoms with Gasteiger partial charge in [-0.15, -0.1) is 11.3 Å². The van der Waals surface area contributed by atoms with E-state index in [2.05, 4.69) is 4.72 Å². The van der Waals surface area contributed by atoms with Crippen LogP contribution in [0.5, 0.6) is 0 Å². The van der Waals surface area contributed by atoms with E-state index in [-0.39, 0.29) is 39.1 Å². The van der Waals surface area contributed by atoms with E-state index in [9.17, 15) is 18.0 Å². The Morgan fingerprint density at radius 1 is 0.871 bits per heavy atom. The largest absolute Gasteiger partial charge is 0.462 e. The Hall–Kier alpha value is -3.17. The zero-order valence-corrected chi connectivity index (χ0v) is 18.6. The minimum absolute atomic E-state index is 0.00999. The van der Waals surface area contributed by atoms with Crippen LogP contribution in [0.25, 0.3) is 11.1 Å². The van der Waals surface area contributed by atoms with Gasteiger partial charge in [-0.2, -0.15) is 0 Å². The summed E-state index contributed by atoms with van der Waals surface area (Å²) in [6, 6.07) is 16.5. The number of thiophene rings is 1. The number of esters is 2. The summed E-state index contributed by atoms with van der Waals surface area (Å²) in [7, 11) is -4.01. The molecule has 0 atom stereocenters. The lowest BCUT2D eigenvalue weighted by molar-refractivity contribution is 0.0528. The Labute approximate surface area is 184 Å². The Bertz CT molecular complexity index is 1170. The van der Waals surface area contributed by atoms with Gasteiger partial charge in [-0.1, -0.05) is 48.5 Å². The number of anilines is 1. The fourth-order valence-corrected chi connectivity index (χ4v) is 5.33. The van der Waals surface area contributed by atoms with Crippen molar-refractivity contribution in [3.05, 3.63) is 71.1 Å². The molecule has 0 aliphatic rings. The lowest BCUT2D eigenvalue weighted by atomic mass is 10.0. The topological polar surface area (TPSA) is 98.8 Å². The third kappa shape index (κ3) is 4.95. The van der Waals surface area contributed by atoms with Crippen LogP contribution in [-0.2, 0) is 19.5 Å². The molecule has 1 aromatic heterocycles. The number of sulfonamides is 1. The third-order valence-electron chi connectivity index (χ3n) is 4.19. The number of ether oxygens (including phenoxy) is 2. The first-order valence-corrected chi connectivity index (χ1v) is 11.8. The third-order valence-corrected chi connectivity index (χ3v) is 6.77. The molecule has 0 saturated heterocycles. The average molecular weight is 460 g/mol. The number of nitrogens with one attached hydrogen (secondary N) is 1. The van der Waals surface area contributed by atoms with Gasteiger partial charge in [0.25, 0.3) is 10.0 Å². The molecule has 0 amide bonds. The standard InChI is InChI=1S/C22H21NO6S2/c1-3-28-21(24)18-17(15-11-7-5-8-12-15)19(22(25)29-4-2)30-20(18)23-31(26,27)16-13-9-6-10-14-16/h5-14,23H,3-4H2,1-2H3. The second kappa shape index (κ2) is 9.76. The van der Waals surface area contributed by atoms with Crippen LogP contribution in [0.15, 0.2) is 65.6 Å². The van der Waals surface area contributed by atoms with Crippen molar-refractivity contribution in [3.63, 3.8) is 0 Å². The molecule has 162 valence electrons. The van der Waals surface area contributed by atoms with Crippen LogP contribution in [0.1, 0.15) is 33.9 Å². The number of carbonyl (C=O) groups excluding carboxylic acids is 2. The van der Waals surface area contributed by atoms with Gasteiger partial charge in [0.15, 0.2) is 0 Å². The van der Waals surface area contributed by atoms with Crippen molar-refractivity contribution < 1.29 is 27.5 Å². The zero-order chi connectivity index (χ0) is 22.4. The van der Waals surface area contributed by atoms with E-state index in [0.29, 0.717) is 5.56 Å². The van der Waals surface area contributed by atoms with Crippen molar-refractivity contribution >= 4 is 38.3 Å². The molecule has 3 aromatic rings. The molecule has 0 aliphatic heterocycles. The average Bonchev–Trinajstić information content (AvgIpc) is 3.14. The van der Waals surface area contributed by atoms with Gasteiger partial charge in [0.2, 0.25) is 0 Å².